The van der Waals surface area contributed by atoms with Gasteiger partial charge in [0.2, 0.25) is 0 Å². The Kier molecular flexibility index (Phi) is 7.57. The van der Waals surface area contributed by atoms with Crippen LogP contribution in [0.3, 0.4) is 0 Å². The van der Waals surface area contributed by atoms with Gasteiger partial charge < -0.3 is 4.74 Å². The Hall–Kier alpha value is -0.530. The standard InChI is InChI=1S/C26H50O2/c1-17(2)26(13,16-23(4,5)6)22(27)28-21-14-18(3)19(24(7,8)9)15-20(21)25(10,11)12/h17-21H,14-16H2,1-13H3. The summed E-state index contributed by atoms with van der Waals surface area (Å²) in [6.07, 6.45) is 3.01. The number of rotatable bonds is 4. The fourth-order valence-electron chi connectivity index (χ4n) is 5.49. The van der Waals surface area contributed by atoms with Crippen LogP contribution in [0.15, 0.2) is 0 Å². The molecule has 0 bridgehead atoms. The quantitative estimate of drug-likeness (QED) is 0.455. The van der Waals surface area contributed by atoms with Crippen molar-refractivity contribution >= 4 is 5.97 Å². The normalized spacial score (nSPS) is 29.5. The van der Waals surface area contributed by atoms with Gasteiger partial charge in [-0.05, 0) is 60.2 Å². The lowest BCUT2D eigenvalue weighted by molar-refractivity contribution is -0.177. The molecule has 1 aliphatic carbocycles. The lowest BCUT2D eigenvalue weighted by atomic mass is 9.58. The third kappa shape index (κ3) is 6.23. The van der Waals surface area contributed by atoms with E-state index in [0.29, 0.717) is 17.8 Å². The minimum Gasteiger partial charge on any atom is -0.462 e. The number of ether oxygens (including phenoxy) is 1. The van der Waals surface area contributed by atoms with E-state index in [4.69, 9.17) is 4.74 Å². The summed E-state index contributed by atoms with van der Waals surface area (Å²) in [5.74, 6) is 1.92. The van der Waals surface area contributed by atoms with Crippen LogP contribution in [0.1, 0.15) is 109 Å². The van der Waals surface area contributed by atoms with Gasteiger partial charge >= 0.3 is 5.97 Å². The average Bonchev–Trinajstić information content (AvgIpc) is 2.42. The highest BCUT2D eigenvalue weighted by molar-refractivity contribution is 5.77. The molecule has 28 heavy (non-hydrogen) atoms. The molecule has 5 atom stereocenters. The number of esters is 1. The Bertz CT molecular complexity index is 526. The summed E-state index contributed by atoms with van der Waals surface area (Å²) < 4.78 is 6.40. The van der Waals surface area contributed by atoms with E-state index in [1.807, 2.05) is 0 Å². The molecule has 2 nitrogen and oxygen atoms in total. The first-order valence-electron chi connectivity index (χ1n) is 11.5. The van der Waals surface area contributed by atoms with Gasteiger partial charge in [0.1, 0.15) is 6.10 Å². The minimum absolute atomic E-state index is 0.0121. The molecule has 0 N–H and O–H groups in total. The maximum atomic E-state index is 13.5. The van der Waals surface area contributed by atoms with Gasteiger partial charge in [-0.2, -0.15) is 0 Å². The molecular formula is C26H50O2. The Morgan fingerprint density at radius 3 is 1.68 bits per heavy atom. The highest BCUT2D eigenvalue weighted by atomic mass is 16.5. The van der Waals surface area contributed by atoms with E-state index in [2.05, 4.69) is 90.0 Å². The van der Waals surface area contributed by atoms with Crippen LogP contribution in [-0.2, 0) is 9.53 Å². The molecule has 1 rings (SSSR count). The second kappa shape index (κ2) is 8.31. The Labute approximate surface area is 176 Å². The largest absolute Gasteiger partial charge is 0.462 e. The van der Waals surface area contributed by atoms with E-state index in [0.717, 1.165) is 19.3 Å². The summed E-state index contributed by atoms with van der Waals surface area (Å²) in [5, 5.41) is 0. The Morgan fingerprint density at radius 1 is 0.857 bits per heavy atom. The molecule has 0 aliphatic heterocycles. The predicted octanol–water partition coefficient (Wildman–Crippen LogP) is 7.75. The molecule has 0 aromatic rings. The van der Waals surface area contributed by atoms with Crippen LogP contribution in [0.5, 0.6) is 0 Å². The zero-order valence-corrected chi connectivity index (χ0v) is 21.3. The molecule has 0 amide bonds. The summed E-state index contributed by atoms with van der Waals surface area (Å²) in [7, 11) is 0. The summed E-state index contributed by atoms with van der Waals surface area (Å²) in [4.78, 5) is 13.5. The summed E-state index contributed by atoms with van der Waals surface area (Å²) in [5.41, 5.74) is 0.0763. The van der Waals surface area contributed by atoms with Crippen LogP contribution in [0, 0.1) is 45.3 Å². The Morgan fingerprint density at radius 2 is 1.32 bits per heavy atom. The zero-order chi connectivity index (χ0) is 22.3. The van der Waals surface area contributed by atoms with E-state index in [-0.39, 0.29) is 34.2 Å². The fourth-order valence-corrected chi connectivity index (χ4v) is 5.49. The molecule has 0 saturated heterocycles. The monoisotopic (exact) mass is 394 g/mol. The smallest absolute Gasteiger partial charge is 0.312 e. The molecule has 1 aliphatic rings. The highest BCUT2D eigenvalue weighted by Crippen LogP contribution is 2.50. The molecule has 0 aromatic carbocycles. The molecule has 1 fully saturated rings. The molecular weight excluding hydrogens is 344 g/mol. The SMILES string of the molecule is CC1CC(OC(=O)C(C)(CC(C)(C)C)C(C)C)C(C(C)(C)C)CC1C(C)(C)C. The molecule has 2 heteroatoms. The van der Waals surface area contributed by atoms with Crippen molar-refractivity contribution in [2.45, 2.75) is 115 Å². The van der Waals surface area contributed by atoms with Gasteiger partial charge in [0.25, 0.3) is 0 Å². The van der Waals surface area contributed by atoms with Crippen LogP contribution < -0.4 is 0 Å². The summed E-state index contributed by atoms with van der Waals surface area (Å²) in [6, 6.07) is 0. The molecule has 0 aromatic heterocycles. The third-order valence-corrected chi connectivity index (χ3v) is 7.37. The topological polar surface area (TPSA) is 26.3 Å². The van der Waals surface area contributed by atoms with Gasteiger partial charge in [-0.25, -0.2) is 0 Å². The molecule has 0 heterocycles. The zero-order valence-electron chi connectivity index (χ0n) is 21.3. The van der Waals surface area contributed by atoms with Crippen molar-refractivity contribution in [3.05, 3.63) is 0 Å². The van der Waals surface area contributed by atoms with E-state index in [9.17, 15) is 4.79 Å². The van der Waals surface area contributed by atoms with E-state index in [1.165, 1.54) is 0 Å². The third-order valence-electron chi connectivity index (χ3n) is 7.37. The second-order valence-corrected chi connectivity index (χ2v) is 13.6. The van der Waals surface area contributed by atoms with Crippen molar-refractivity contribution in [3.63, 3.8) is 0 Å². The number of hydrogen-bond donors (Lipinski definition) is 0. The van der Waals surface area contributed by atoms with Gasteiger partial charge in [0, 0.05) is 5.92 Å². The van der Waals surface area contributed by atoms with Crippen molar-refractivity contribution < 1.29 is 9.53 Å². The average molecular weight is 395 g/mol. The van der Waals surface area contributed by atoms with Crippen molar-refractivity contribution in [1.29, 1.82) is 0 Å². The minimum atomic E-state index is -0.440. The van der Waals surface area contributed by atoms with Crippen molar-refractivity contribution in [3.8, 4) is 0 Å². The molecule has 0 spiro atoms. The van der Waals surface area contributed by atoms with Gasteiger partial charge in [0.05, 0.1) is 5.41 Å². The van der Waals surface area contributed by atoms with Gasteiger partial charge in [-0.3, -0.25) is 4.79 Å². The van der Waals surface area contributed by atoms with Gasteiger partial charge in [-0.15, -0.1) is 0 Å². The molecule has 166 valence electrons. The molecule has 1 saturated carbocycles. The van der Waals surface area contributed by atoms with E-state index in [1.54, 1.807) is 0 Å². The lowest BCUT2D eigenvalue weighted by Crippen LogP contribution is -2.48. The maximum absolute atomic E-state index is 13.5. The number of carbonyl (C=O) groups excluding carboxylic acids is 1. The van der Waals surface area contributed by atoms with E-state index < -0.39 is 5.41 Å². The first-order chi connectivity index (χ1) is 12.3. The van der Waals surface area contributed by atoms with E-state index >= 15 is 0 Å². The van der Waals surface area contributed by atoms with Gasteiger partial charge in [0.15, 0.2) is 0 Å². The van der Waals surface area contributed by atoms with Crippen molar-refractivity contribution in [1.82, 2.24) is 0 Å². The molecule has 5 unspecified atom stereocenters. The van der Waals surface area contributed by atoms with Crippen molar-refractivity contribution in [2.75, 3.05) is 0 Å². The highest BCUT2D eigenvalue weighted by Gasteiger charge is 2.48. The fraction of sp³-hybridized carbons (Fsp3) is 0.962. The first kappa shape index (κ1) is 25.5. The summed E-state index contributed by atoms with van der Waals surface area (Å²) >= 11 is 0. The van der Waals surface area contributed by atoms with Crippen LogP contribution in [0.2, 0.25) is 0 Å². The summed E-state index contributed by atoms with van der Waals surface area (Å²) in [6.45, 7) is 29.5. The van der Waals surface area contributed by atoms with Crippen LogP contribution in [-0.4, -0.2) is 12.1 Å². The van der Waals surface area contributed by atoms with Crippen LogP contribution in [0.4, 0.5) is 0 Å². The van der Waals surface area contributed by atoms with Crippen LogP contribution >= 0.6 is 0 Å². The maximum Gasteiger partial charge on any atom is 0.312 e. The molecule has 0 radical (unpaired) electrons. The predicted molar refractivity (Wildman–Crippen MR) is 121 cm³/mol. The Balaban J connectivity index is 3.14. The second-order valence-electron chi connectivity index (χ2n) is 13.6. The lowest BCUT2D eigenvalue weighted by Gasteiger charge is -2.50. The number of carbonyl (C=O) groups is 1. The van der Waals surface area contributed by atoms with Crippen LogP contribution in [0.25, 0.3) is 0 Å². The van der Waals surface area contributed by atoms with Gasteiger partial charge in [-0.1, -0.05) is 83.1 Å². The first-order valence-corrected chi connectivity index (χ1v) is 11.5. The van der Waals surface area contributed by atoms with Crippen molar-refractivity contribution in [2.24, 2.45) is 45.3 Å². The number of hydrogen-bond acceptors (Lipinski definition) is 2.